The van der Waals surface area contributed by atoms with Crippen molar-refractivity contribution in [1.82, 2.24) is 5.32 Å². The fourth-order valence-electron chi connectivity index (χ4n) is 0.697. The van der Waals surface area contributed by atoms with Gasteiger partial charge in [-0.05, 0) is 26.0 Å². The quantitative estimate of drug-likeness (QED) is 0.636. The number of amidine groups is 1. The molecule has 0 saturated carbocycles. The zero-order chi connectivity index (χ0) is 8.97. The number of ether oxygens (including phenoxy) is 1. The van der Waals surface area contributed by atoms with Gasteiger partial charge in [0.05, 0.1) is 6.10 Å². The van der Waals surface area contributed by atoms with E-state index in [-0.39, 0.29) is 6.10 Å². The van der Waals surface area contributed by atoms with E-state index in [9.17, 15) is 0 Å². The van der Waals surface area contributed by atoms with Gasteiger partial charge in [-0.15, -0.1) is 0 Å². The first-order valence-electron chi connectivity index (χ1n) is 3.72. The molecule has 0 aromatic heterocycles. The number of rotatable bonds is 1. The van der Waals surface area contributed by atoms with Crippen molar-refractivity contribution in [1.29, 1.82) is 0 Å². The van der Waals surface area contributed by atoms with Crippen molar-refractivity contribution in [2.75, 3.05) is 0 Å². The predicted octanol–water partition coefficient (Wildman–Crippen LogP) is 1.96. The van der Waals surface area contributed by atoms with E-state index < -0.39 is 0 Å². The van der Waals surface area contributed by atoms with Crippen LogP contribution in [0.5, 0.6) is 0 Å². The van der Waals surface area contributed by atoms with Crippen LogP contribution in [0.15, 0.2) is 28.5 Å². The van der Waals surface area contributed by atoms with E-state index in [1.807, 2.05) is 13.8 Å². The van der Waals surface area contributed by atoms with Crippen molar-refractivity contribution in [2.45, 2.75) is 20.0 Å². The Morgan fingerprint density at radius 1 is 1.58 bits per heavy atom. The molecule has 0 unspecified atom stereocenters. The molecule has 12 heavy (non-hydrogen) atoms. The third-order valence-corrected chi connectivity index (χ3v) is 1.31. The van der Waals surface area contributed by atoms with Gasteiger partial charge < -0.3 is 4.74 Å². The Balaban J connectivity index is 2.60. The molecule has 0 saturated heterocycles. The van der Waals surface area contributed by atoms with Crippen LogP contribution in [0.1, 0.15) is 13.8 Å². The highest BCUT2D eigenvalue weighted by molar-refractivity contribution is 6.30. The van der Waals surface area contributed by atoms with Crippen LogP contribution >= 0.6 is 11.6 Å². The minimum Gasteiger partial charge on any atom is -0.462 e. The Hall–Kier alpha value is -0.960. The number of aliphatic imine (C=N–C) groups is 1. The maximum absolute atomic E-state index is 5.74. The van der Waals surface area contributed by atoms with Gasteiger partial charge in [-0.2, -0.15) is 0 Å². The molecule has 0 spiro atoms. The summed E-state index contributed by atoms with van der Waals surface area (Å²) >= 11 is 5.74. The van der Waals surface area contributed by atoms with Gasteiger partial charge in [0.2, 0.25) is 0 Å². The van der Waals surface area contributed by atoms with Gasteiger partial charge in [0.1, 0.15) is 5.16 Å². The molecular formula is C8H11ClN2O. The summed E-state index contributed by atoms with van der Waals surface area (Å²) in [5.74, 6) is 0. The summed E-state index contributed by atoms with van der Waals surface area (Å²) in [4.78, 5) is 3.98. The zero-order valence-electron chi connectivity index (χ0n) is 7.04. The Labute approximate surface area is 76.8 Å². The van der Waals surface area contributed by atoms with E-state index in [1.54, 1.807) is 18.4 Å². The van der Waals surface area contributed by atoms with Crippen molar-refractivity contribution in [3.8, 4) is 0 Å². The first kappa shape index (κ1) is 9.13. The third kappa shape index (κ3) is 2.96. The van der Waals surface area contributed by atoms with Gasteiger partial charge in [-0.1, -0.05) is 11.6 Å². The normalized spacial score (nSPS) is 16.3. The second-order valence-electron chi connectivity index (χ2n) is 2.58. The molecule has 0 amide bonds. The highest BCUT2D eigenvalue weighted by atomic mass is 35.5. The molecule has 0 atom stereocenters. The minimum absolute atomic E-state index is 0.0900. The lowest BCUT2D eigenvalue weighted by atomic mass is 10.5. The fourth-order valence-corrected chi connectivity index (χ4v) is 0.851. The van der Waals surface area contributed by atoms with E-state index in [1.165, 1.54) is 0 Å². The molecule has 0 fully saturated rings. The molecule has 0 radical (unpaired) electrons. The lowest BCUT2D eigenvalue weighted by molar-refractivity contribution is 0.219. The van der Waals surface area contributed by atoms with Crippen LogP contribution in [-0.4, -0.2) is 12.1 Å². The molecule has 0 aliphatic carbocycles. The van der Waals surface area contributed by atoms with Crippen molar-refractivity contribution >= 4 is 17.6 Å². The average Bonchev–Trinajstić information content (AvgIpc) is 2.12. The summed E-state index contributed by atoms with van der Waals surface area (Å²) in [6, 6.07) is 0.431. The van der Waals surface area contributed by atoms with Crippen molar-refractivity contribution < 1.29 is 4.74 Å². The SMILES string of the molecule is CC(C)OC1=NC=CC=C(Cl)N1. The monoisotopic (exact) mass is 186 g/mol. The number of hydrogen-bond acceptors (Lipinski definition) is 3. The van der Waals surface area contributed by atoms with Crippen LogP contribution in [0.3, 0.4) is 0 Å². The second kappa shape index (κ2) is 4.16. The van der Waals surface area contributed by atoms with Crippen LogP contribution in [0.4, 0.5) is 0 Å². The third-order valence-electron chi connectivity index (χ3n) is 1.09. The number of halogens is 1. The molecular weight excluding hydrogens is 176 g/mol. The molecule has 4 heteroatoms. The van der Waals surface area contributed by atoms with Gasteiger partial charge in [0.25, 0.3) is 6.02 Å². The summed E-state index contributed by atoms with van der Waals surface area (Å²) in [6.07, 6.45) is 5.17. The summed E-state index contributed by atoms with van der Waals surface area (Å²) in [6.45, 7) is 3.85. The first-order valence-corrected chi connectivity index (χ1v) is 4.10. The van der Waals surface area contributed by atoms with Crippen LogP contribution < -0.4 is 5.32 Å². The summed E-state index contributed by atoms with van der Waals surface area (Å²) in [5.41, 5.74) is 0. The van der Waals surface area contributed by atoms with E-state index >= 15 is 0 Å². The number of hydrogen-bond donors (Lipinski definition) is 1. The highest BCUT2D eigenvalue weighted by Gasteiger charge is 2.04. The Morgan fingerprint density at radius 2 is 2.33 bits per heavy atom. The number of nitrogens with one attached hydrogen (secondary N) is 1. The predicted molar refractivity (Wildman–Crippen MR) is 49.9 cm³/mol. The second-order valence-corrected chi connectivity index (χ2v) is 2.99. The molecule has 0 aromatic rings. The van der Waals surface area contributed by atoms with Crippen molar-refractivity contribution in [2.24, 2.45) is 4.99 Å². The van der Waals surface area contributed by atoms with Gasteiger partial charge >= 0.3 is 0 Å². The smallest absolute Gasteiger partial charge is 0.294 e. The van der Waals surface area contributed by atoms with Gasteiger partial charge in [-0.25, -0.2) is 4.99 Å². The lowest BCUT2D eigenvalue weighted by Crippen LogP contribution is -2.25. The summed E-state index contributed by atoms with van der Waals surface area (Å²) in [5, 5.41) is 3.30. The molecule has 0 bridgehead atoms. The van der Waals surface area contributed by atoms with Crippen LogP contribution in [-0.2, 0) is 4.74 Å². The van der Waals surface area contributed by atoms with Crippen molar-refractivity contribution in [3.63, 3.8) is 0 Å². The van der Waals surface area contributed by atoms with E-state index in [0.717, 1.165) is 0 Å². The Kier molecular flexibility index (Phi) is 3.17. The Morgan fingerprint density at radius 3 is 3.00 bits per heavy atom. The van der Waals surface area contributed by atoms with E-state index in [0.29, 0.717) is 11.2 Å². The van der Waals surface area contributed by atoms with Crippen LogP contribution in [0, 0.1) is 0 Å². The highest BCUT2D eigenvalue weighted by Crippen LogP contribution is 2.02. The van der Waals surface area contributed by atoms with Gasteiger partial charge in [0.15, 0.2) is 0 Å². The van der Waals surface area contributed by atoms with Crippen LogP contribution in [0.2, 0.25) is 0 Å². The molecule has 66 valence electrons. The molecule has 1 aliphatic heterocycles. The largest absolute Gasteiger partial charge is 0.462 e. The molecule has 1 heterocycles. The molecule has 1 rings (SSSR count). The summed E-state index contributed by atoms with van der Waals surface area (Å²) < 4.78 is 5.30. The molecule has 1 aliphatic rings. The lowest BCUT2D eigenvalue weighted by Gasteiger charge is -2.11. The van der Waals surface area contributed by atoms with Gasteiger partial charge in [0, 0.05) is 6.20 Å². The molecule has 0 aromatic carbocycles. The first-order chi connectivity index (χ1) is 5.68. The zero-order valence-corrected chi connectivity index (χ0v) is 7.80. The molecule has 3 nitrogen and oxygen atoms in total. The fraction of sp³-hybridized carbons (Fsp3) is 0.375. The molecule has 1 N–H and O–H groups in total. The maximum atomic E-state index is 5.74. The Bertz CT molecular complexity index is 243. The average molecular weight is 187 g/mol. The van der Waals surface area contributed by atoms with Crippen LogP contribution in [0.25, 0.3) is 0 Å². The number of nitrogens with zero attached hydrogens (tertiary/aromatic N) is 1. The van der Waals surface area contributed by atoms with Gasteiger partial charge in [-0.3, -0.25) is 5.32 Å². The van der Waals surface area contributed by atoms with Crippen molar-refractivity contribution in [3.05, 3.63) is 23.5 Å². The summed E-state index contributed by atoms with van der Waals surface area (Å²) in [7, 11) is 0. The number of allylic oxidation sites excluding steroid dienone is 2. The standard InChI is InChI=1S/C8H11ClN2O/c1-6(2)12-8-10-5-3-4-7(9)11-8/h3-6H,1-2H3,(H,10,11). The minimum atomic E-state index is 0.0900. The topological polar surface area (TPSA) is 33.6 Å². The van der Waals surface area contributed by atoms with E-state index in [4.69, 9.17) is 16.3 Å². The maximum Gasteiger partial charge on any atom is 0.294 e. The van der Waals surface area contributed by atoms with E-state index in [2.05, 4.69) is 10.3 Å².